The van der Waals surface area contributed by atoms with Crippen LogP contribution >= 0.6 is 0 Å². The number of nitrogens with one attached hydrogen (secondary N) is 2. The van der Waals surface area contributed by atoms with Gasteiger partial charge in [0, 0.05) is 6.54 Å². The lowest BCUT2D eigenvalue weighted by Gasteiger charge is -2.16. The molecule has 21 heavy (non-hydrogen) atoms. The van der Waals surface area contributed by atoms with Crippen molar-refractivity contribution in [3.8, 4) is 0 Å². The zero-order valence-corrected chi connectivity index (χ0v) is 12.3. The molecule has 0 radical (unpaired) electrons. The zero-order valence-electron chi connectivity index (χ0n) is 11.4. The molecular weight excluding hydrogens is 302 g/mol. The average molecular weight is 318 g/mol. The van der Waals surface area contributed by atoms with E-state index >= 15 is 0 Å². The Morgan fingerprint density at radius 3 is 2.67 bits per heavy atom. The first-order chi connectivity index (χ1) is 9.81. The molecule has 5 nitrogen and oxygen atoms in total. The number of hydrogen-bond acceptors (Lipinski definition) is 3. The van der Waals surface area contributed by atoms with Crippen LogP contribution in [0.4, 0.5) is 8.78 Å². The van der Waals surface area contributed by atoms with Gasteiger partial charge in [-0.25, -0.2) is 17.2 Å². The molecule has 0 aliphatic carbocycles. The fourth-order valence-electron chi connectivity index (χ4n) is 2.14. The van der Waals surface area contributed by atoms with E-state index in [-0.39, 0.29) is 5.56 Å². The molecule has 0 aromatic heterocycles. The maximum absolute atomic E-state index is 13.8. The molecule has 1 heterocycles. The van der Waals surface area contributed by atoms with Crippen molar-refractivity contribution >= 4 is 15.9 Å². The van der Waals surface area contributed by atoms with Gasteiger partial charge in [0.1, 0.15) is 22.6 Å². The van der Waals surface area contributed by atoms with Crippen molar-refractivity contribution in [2.24, 2.45) is 0 Å². The standard InChI is InChI=1S/C13H16F2N2O3S/c1-8-6-10(15)12(7-9(8)14)21(19,20)17-11-4-2-3-5-16-13(11)18/h6-7,11,17H,2-5H2,1H3,(H,16,18). The normalized spacial score (nSPS) is 20.0. The minimum atomic E-state index is -4.30. The van der Waals surface area contributed by atoms with Gasteiger partial charge in [0.05, 0.1) is 0 Å². The molecule has 1 fully saturated rings. The quantitative estimate of drug-likeness (QED) is 0.880. The predicted octanol–water partition coefficient (Wildman–Crippen LogP) is 1.22. The molecule has 1 aliphatic heterocycles. The molecule has 0 bridgehead atoms. The molecule has 1 unspecified atom stereocenters. The fraction of sp³-hybridized carbons (Fsp3) is 0.462. The number of halogens is 2. The van der Waals surface area contributed by atoms with Crippen LogP contribution in [0.5, 0.6) is 0 Å². The lowest BCUT2D eigenvalue weighted by atomic mass is 10.1. The van der Waals surface area contributed by atoms with Crippen molar-refractivity contribution in [3.05, 3.63) is 29.3 Å². The maximum atomic E-state index is 13.8. The summed E-state index contributed by atoms with van der Waals surface area (Å²) in [6, 6.07) is 0.472. The summed E-state index contributed by atoms with van der Waals surface area (Å²) in [5.74, 6) is -2.32. The van der Waals surface area contributed by atoms with E-state index in [2.05, 4.69) is 10.0 Å². The van der Waals surface area contributed by atoms with Gasteiger partial charge in [0.2, 0.25) is 15.9 Å². The summed E-state index contributed by atoms with van der Waals surface area (Å²) in [6.07, 6.45) is 1.73. The molecule has 0 saturated carbocycles. The van der Waals surface area contributed by atoms with Gasteiger partial charge in [-0.3, -0.25) is 4.79 Å². The second-order valence-corrected chi connectivity index (χ2v) is 6.67. The van der Waals surface area contributed by atoms with Gasteiger partial charge in [-0.2, -0.15) is 4.72 Å². The van der Waals surface area contributed by atoms with Crippen LogP contribution in [0.25, 0.3) is 0 Å². The topological polar surface area (TPSA) is 75.3 Å². The molecule has 1 atom stereocenters. The summed E-state index contributed by atoms with van der Waals surface area (Å²) < 4.78 is 53.7. The number of hydrogen-bond donors (Lipinski definition) is 2. The minimum Gasteiger partial charge on any atom is -0.355 e. The van der Waals surface area contributed by atoms with Crippen LogP contribution in [0.15, 0.2) is 17.0 Å². The number of amides is 1. The van der Waals surface area contributed by atoms with Gasteiger partial charge in [-0.05, 0) is 43.9 Å². The number of carbonyl (C=O) groups is 1. The number of aryl methyl sites for hydroxylation is 1. The highest BCUT2D eigenvalue weighted by atomic mass is 32.2. The van der Waals surface area contributed by atoms with Gasteiger partial charge < -0.3 is 5.32 Å². The lowest BCUT2D eigenvalue weighted by Crippen LogP contribution is -2.45. The van der Waals surface area contributed by atoms with Crippen LogP contribution in [0.1, 0.15) is 24.8 Å². The van der Waals surface area contributed by atoms with Crippen LogP contribution in [-0.4, -0.2) is 26.9 Å². The number of sulfonamides is 1. The van der Waals surface area contributed by atoms with E-state index in [1.807, 2.05) is 0 Å². The van der Waals surface area contributed by atoms with E-state index in [0.29, 0.717) is 25.5 Å². The smallest absolute Gasteiger partial charge is 0.244 e. The summed E-state index contributed by atoms with van der Waals surface area (Å²) in [6.45, 7) is 1.81. The van der Waals surface area contributed by atoms with Crippen LogP contribution in [0, 0.1) is 18.6 Å². The summed E-state index contributed by atoms with van der Waals surface area (Å²) in [5.41, 5.74) is 0.0126. The lowest BCUT2D eigenvalue weighted by molar-refractivity contribution is -0.122. The largest absolute Gasteiger partial charge is 0.355 e. The Kier molecular flexibility index (Phi) is 4.58. The van der Waals surface area contributed by atoms with Crippen molar-refractivity contribution in [1.29, 1.82) is 0 Å². The van der Waals surface area contributed by atoms with E-state index in [1.54, 1.807) is 0 Å². The first kappa shape index (κ1) is 15.8. The third-order valence-electron chi connectivity index (χ3n) is 3.34. The van der Waals surface area contributed by atoms with Gasteiger partial charge in [-0.1, -0.05) is 0 Å². The highest BCUT2D eigenvalue weighted by molar-refractivity contribution is 7.89. The van der Waals surface area contributed by atoms with Crippen LogP contribution < -0.4 is 10.0 Å². The van der Waals surface area contributed by atoms with Gasteiger partial charge in [0.15, 0.2) is 0 Å². The second kappa shape index (κ2) is 6.07. The van der Waals surface area contributed by atoms with E-state index in [4.69, 9.17) is 0 Å². The van der Waals surface area contributed by atoms with Crippen molar-refractivity contribution in [1.82, 2.24) is 10.0 Å². The predicted molar refractivity (Wildman–Crippen MR) is 72.1 cm³/mol. The second-order valence-electron chi connectivity index (χ2n) is 4.99. The van der Waals surface area contributed by atoms with E-state index in [9.17, 15) is 22.0 Å². The van der Waals surface area contributed by atoms with Crippen LogP contribution in [-0.2, 0) is 14.8 Å². The Bertz CT molecular complexity index is 662. The molecule has 1 aliphatic rings. The number of carbonyl (C=O) groups excluding carboxylic acids is 1. The molecule has 1 amide bonds. The SMILES string of the molecule is Cc1cc(F)c(S(=O)(=O)NC2CCCCNC2=O)cc1F. The maximum Gasteiger partial charge on any atom is 0.244 e. The third-order valence-corrected chi connectivity index (χ3v) is 4.82. The first-order valence-electron chi connectivity index (χ1n) is 6.57. The summed E-state index contributed by atoms with van der Waals surface area (Å²) in [7, 11) is -4.30. The summed E-state index contributed by atoms with van der Waals surface area (Å²) in [4.78, 5) is 10.9. The first-order valence-corrected chi connectivity index (χ1v) is 8.05. The van der Waals surface area contributed by atoms with Crippen molar-refractivity contribution in [2.75, 3.05) is 6.54 Å². The highest BCUT2D eigenvalue weighted by Gasteiger charge is 2.29. The van der Waals surface area contributed by atoms with Crippen molar-refractivity contribution in [2.45, 2.75) is 37.1 Å². The Labute approximate surface area is 121 Å². The highest BCUT2D eigenvalue weighted by Crippen LogP contribution is 2.20. The minimum absolute atomic E-state index is 0.0126. The number of benzene rings is 1. The molecule has 2 N–H and O–H groups in total. The van der Waals surface area contributed by atoms with Crippen molar-refractivity contribution < 1.29 is 22.0 Å². The molecule has 1 aromatic carbocycles. The zero-order chi connectivity index (χ0) is 15.6. The Morgan fingerprint density at radius 2 is 1.95 bits per heavy atom. The molecule has 1 aromatic rings. The van der Waals surface area contributed by atoms with E-state index in [0.717, 1.165) is 12.5 Å². The Morgan fingerprint density at radius 1 is 1.24 bits per heavy atom. The molecule has 8 heteroatoms. The Hall–Kier alpha value is -1.54. The third kappa shape index (κ3) is 3.56. The molecule has 1 saturated heterocycles. The van der Waals surface area contributed by atoms with Gasteiger partial charge in [-0.15, -0.1) is 0 Å². The van der Waals surface area contributed by atoms with Gasteiger partial charge >= 0.3 is 0 Å². The number of rotatable bonds is 3. The van der Waals surface area contributed by atoms with Crippen LogP contribution in [0.3, 0.4) is 0 Å². The molecule has 116 valence electrons. The van der Waals surface area contributed by atoms with E-state index in [1.165, 1.54) is 6.92 Å². The molecule has 2 rings (SSSR count). The monoisotopic (exact) mass is 318 g/mol. The van der Waals surface area contributed by atoms with Crippen LogP contribution in [0.2, 0.25) is 0 Å². The Balaban J connectivity index is 2.30. The van der Waals surface area contributed by atoms with Gasteiger partial charge in [0.25, 0.3) is 0 Å². The van der Waals surface area contributed by atoms with Crippen molar-refractivity contribution in [3.63, 3.8) is 0 Å². The average Bonchev–Trinajstić information content (AvgIpc) is 2.59. The fourth-order valence-corrected chi connectivity index (χ4v) is 3.44. The molecule has 0 spiro atoms. The summed E-state index contributed by atoms with van der Waals surface area (Å²) in [5, 5.41) is 2.57. The summed E-state index contributed by atoms with van der Waals surface area (Å²) >= 11 is 0. The molecular formula is C13H16F2N2O3S. The van der Waals surface area contributed by atoms with E-state index < -0.39 is 38.5 Å².